The molecule has 0 radical (unpaired) electrons. The summed E-state index contributed by atoms with van der Waals surface area (Å²) in [5.41, 5.74) is 0. The second-order valence-corrected chi connectivity index (χ2v) is 4.16. The van der Waals surface area contributed by atoms with Gasteiger partial charge in [0, 0.05) is 6.54 Å². The zero-order valence-electron chi connectivity index (χ0n) is 10.5. The molecule has 15 heavy (non-hydrogen) atoms. The molecule has 0 saturated carbocycles. The maximum absolute atomic E-state index is 8.87. The molecule has 0 aromatic carbocycles. The molecule has 0 aromatic heterocycles. The highest BCUT2D eigenvalue weighted by Gasteiger charge is 2.08. The summed E-state index contributed by atoms with van der Waals surface area (Å²) in [4.78, 5) is 4.39. The molecule has 0 aromatic rings. The van der Waals surface area contributed by atoms with Gasteiger partial charge in [-0.2, -0.15) is 5.26 Å². The van der Waals surface area contributed by atoms with Gasteiger partial charge in [0.25, 0.3) is 0 Å². The van der Waals surface area contributed by atoms with Gasteiger partial charge in [-0.25, -0.2) is 0 Å². The lowest BCUT2D eigenvalue weighted by Crippen LogP contribution is -2.39. The minimum atomic E-state index is -0.0423. The van der Waals surface area contributed by atoms with Crippen LogP contribution in [0.4, 0.5) is 0 Å². The van der Waals surface area contributed by atoms with Crippen LogP contribution in [-0.2, 0) is 0 Å². The van der Waals surface area contributed by atoms with E-state index in [-0.39, 0.29) is 6.04 Å². The van der Waals surface area contributed by atoms with Gasteiger partial charge in [-0.1, -0.05) is 6.92 Å². The highest BCUT2D eigenvalue weighted by Crippen LogP contribution is 1.92. The van der Waals surface area contributed by atoms with Crippen LogP contribution in [-0.4, -0.2) is 63.2 Å². The van der Waals surface area contributed by atoms with Crippen molar-refractivity contribution in [2.24, 2.45) is 0 Å². The predicted molar refractivity (Wildman–Crippen MR) is 63.7 cm³/mol. The standard InChI is InChI=1S/C11H24N4/c1-5-13-11(9-12)10-15(4)8-6-7-14(2)3/h11,13H,5-8,10H2,1-4H3. The lowest BCUT2D eigenvalue weighted by Gasteiger charge is -2.20. The first-order valence-electron chi connectivity index (χ1n) is 5.56. The lowest BCUT2D eigenvalue weighted by atomic mass is 10.3. The Morgan fingerprint density at radius 2 is 1.93 bits per heavy atom. The van der Waals surface area contributed by atoms with Crippen molar-refractivity contribution in [3.63, 3.8) is 0 Å². The molecule has 1 unspecified atom stereocenters. The number of nitrogens with zero attached hydrogens (tertiary/aromatic N) is 3. The predicted octanol–water partition coefficient (Wildman–Crippen LogP) is 0.372. The maximum atomic E-state index is 8.87. The van der Waals surface area contributed by atoms with Gasteiger partial charge in [0.2, 0.25) is 0 Å². The smallest absolute Gasteiger partial charge is 0.108 e. The molecule has 0 saturated heterocycles. The molecule has 88 valence electrons. The van der Waals surface area contributed by atoms with Crippen molar-refractivity contribution in [2.45, 2.75) is 19.4 Å². The lowest BCUT2D eigenvalue weighted by molar-refractivity contribution is 0.286. The third-order valence-corrected chi connectivity index (χ3v) is 2.25. The van der Waals surface area contributed by atoms with Crippen molar-refractivity contribution < 1.29 is 0 Å². The second-order valence-electron chi connectivity index (χ2n) is 4.16. The molecule has 0 bridgehead atoms. The van der Waals surface area contributed by atoms with E-state index in [9.17, 15) is 0 Å². The molecule has 0 aliphatic heterocycles. The summed E-state index contributed by atoms with van der Waals surface area (Å²) in [6.07, 6.45) is 1.15. The molecule has 1 atom stereocenters. The first-order chi connectivity index (χ1) is 7.10. The number of likely N-dealkylation sites (N-methyl/N-ethyl adjacent to an activating group) is 2. The number of nitriles is 1. The van der Waals surface area contributed by atoms with Crippen LogP contribution in [0.15, 0.2) is 0 Å². The molecule has 4 heteroatoms. The number of rotatable bonds is 8. The van der Waals surface area contributed by atoms with Crippen LogP contribution in [0.1, 0.15) is 13.3 Å². The Hall–Kier alpha value is -0.630. The number of nitrogens with one attached hydrogen (secondary N) is 1. The molecule has 1 N–H and O–H groups in total. The van der Waals surface area contributed by atoms with Gasteiger partial charge in [-0.3, -0.25) is 0 Å². The van der Waals surface area contributed by atoms with E-state index in [0.717, 1.165) is 32.6 Å². The Morgan fingerprint density at radius 3 is 2.40 bits per heavy atom. The van der Waals surface area contributed by atoms with Crippen LogP contribution in [0.2, 0.25) is 0 Å². The monoisotopic (exact) mass is 212 g/mol. The summed E-state index contributed by atoms with van der Waals surface area (Å²) in [6.45, 7) is 5.82. The highest BCUT2D eigenvalue weighted by molar-refractivity contribution is 4.91. The molecule has 4 nitrogen and oxygen atoms in total. The van der Waals surface area contributed by atoms with Gasteiger partial charge in [0.15, 0.2) is 0 Å². The van der Waals surface area contributed by atoms with Crippen LogP contribution < -0.4 is 5.32 Å². The van der Waals surface area contributed by atoms with Crippen LogP contribution in [0.25, 0.3) is 0 Å². The summed E-state index contributed by atoms with van der Waals surface area (Å²) in [7, 11) is 6.23. The van der Waals surface area contributed by atoms with Crippen molar-refractivity contribution in [1.29, 1.82) is 5.26 Å². The molecule has 0 heterocycles. The molecular formula is C11H24N4. The third-order valence-electron chi connectivity index (χ3n) is 2.25. The molecule has 0 aliphatic rings. The fourth-order valence-corrected chi connectivity index (χ4v) is 1.46. The van der Waals surface area contributed by atoms with Gasteiger partial charge >= 0.3 is 0 Å². The minimum absolute atomic E-state index is 0.0423. The fourth-order valence-electron chi connectivity index (χ4n) is 1.46. The van der Waals surface area contributed by atoms with Gasteiger partial charge in [-0.15, -0.1) is 0 Å². The molecule has 0 fully saturated rings. The molecular weight excluding hydrogens is 188 g/mol. The van der Waals surface area contributed by atoms with Crippen LogP contribution in [0.3, 0.4) is 0 Å². The molecule has 0 aliphatic carbocycles. The van der Waals surface area contributed by atoms with Gasteiger partial charge < -0.3 is 15.1 Å². The Labute approximate surface area is 93.9 Å². The first-order valence-corrected chi connectivity index (χ1v) is 5.56. The average molecular weight is 212 g/mol. The zero-order valence-corrected chi connectivity index (χ0v) is 10.5. The van der Waals surface area contributed by atoms with E-state index in [2.05, 4.69) is 42.3 Å². The summed E-state index contributed by atoms with van der Waals surface area (Å²) in [6, 6.07) is 2.23. The quantitative estimate of drug-likeness (QED) is 0.631. The largest absolute Gasteiger partial charge is 0.309 e. The van der Waals surface area contributed by atoms with Crippen LogP contribution >= 0.6 is 0 Å². The van der Waals surface area contributed by atoms with Crippen molar-refractivity contribution in [2.75, 3.05) is 47.3 Å². The summed E-state index contributed by atoms with van der Waals surface area (Å²) >= 11 is 0. The molecule has 0 rings (SSSR count). The van der Waals surface area contributed by atoms with E-state index in [1.54, 1.807) is 0 Å². The Morgan fingerprint density at radius 1 is 1.27 bits per heavy atom. The summed E-state index contributed by atoms with van der Waals surface area (Å²) in [5, 5.41) is 12.0. The summed E-state index contributed by atoms with van der Waals surface area (Å²) < 4.78 is 0. The van der Waals surface area contributed by atoms with E-state index in [1.165, 1.54) is 0 Å². The number of hydrogen-bond donors (Lipinski definition) is 1. The van der Waals surface area contributed by atoms with E-state index >= 15 is 0 Å². The van der Waals surface area contributed by atoms with E-state index < -0.39 is 0 Å². The zero-order chi connectivity index (χ0) is 11.7. The van der Waals surface area contributed by atoms with Gasteiger partial charge in [0.1, 0.15) is 6.04 Å². The highest BCUT2D eigenvalue weighted by atomic mass is 15.1. The van der Waals surface area contributed by atoms with Crippen molar-refractivity contribution in [3.05, 3.63) is 0 Å². The third kappa shape index (κ3) is 8.37. The van der Waals surface area contributed by atoms with E-state index in [1.807, 2.05) is 6.92 Å². The van der Waals surface area contributed by atoms with Crippen LogP contribution in [0, 0.1) is 11.3 Å². The fraction of sp³-hybridized carbons (Fsp3) is 0.909. The van der Waals surface area contributed by atoms with Gasteiger partial charge in [-0.05, 0) is 47.2 Å². The summed E-state index contributed by atoms with van der Waals surface area (Å²) in [5.74, 6) is 0. The van der Waals surface area contributed by atoms with Gasteiger partial charge in [0.05, 0.1) is 6.07 Å². The normalized spacial score (nSPS) is 13.1. The first kappa shape index (κ1) is 14.4. The topological polar surface area (TPSA) is 42.3 Å². The Bertz CT molecular complexity index is 186. The van der Waals surface area contributed by atoms with Crippen molar-refractivity contribution >= 4 is 0 Å². The second kappa shape index (κ2) is 8.66. The van der Waals surface area contributed by atoms with Crippen LogP contribution in [0.5, 0.6) is 0 Å². The van der Waals surface area contributed by atoms with E-state index in [0.29, 0.717) is 0 Å². The van der Waals surface area contributed by atoms with Crippen molar-refractivity contribution in [3.8, 4) is 6.07 Å². The number of hydrogen-bond acceptors (Lipinski definition) is 4. The molecule has 0 amide bonds. The van der Waals surface area contributed by atoms with Crippen molar-refractivity contribution in [1.82, 2.24) is 15.1 Å². The minimum Gasteiger partial charge on any atom is -0.309 e. The maximum Gasteiger partial charge on any atom is 0.108 e. The Kier molecular flexibility index (Phi) is 8.30. The van der Waals surface area contributed by atoms with E-state index in [4.69, 9.17) is 5.26 Å². The Balaban J connectivity index is 3.62. The average Bonchev–Trinajstić information content (AvgIpc) is 2.16. The SMILES string of the molecule is CCNC(C#N)CN(C)CCCN(C)C. The molecule has 0 spiro atoms.